The van der Waals surface area contributed by atoms with Crippen molar-refractivity contribution in [2.75, 3.05) is 18.0 Å². The Morgan fingerprint density at radius 1 is 1.07 bits per heavy atom. The van der Waals surface area contributed by atoms with Crippen molar-refractivity contribution < 1.29 is 13.7 Å². The highest BCUT2D eigenvalue weighted by molar-refractivity contribution is 5.94. The van der Waals surface area contributed by atoms with Gasteiger partial charge in [0.15, 0.2) is 0 Å². The van der Waals surface area contributed by atoms with Gasteiger partial charge in [0.2, 0.25) is 5.88 Å². The fourth-order valence-electron chi connectivity index (χ4n) is 3.47. The molecule has 6 heteroatoms. The molecule has 0 N–H and O–H groups in total. The van der Waals surface area contributed by atoms with Crippen molar-refractivity contribution in [1.82, 2.24) is 10.1 Å². The van der Waals surface area contributed by atoms with Gasteiger partial charge in [-0.05, 0) is 45.9 Å². The van der Waals surface area contributed by atoms with Crippen LogP contribution in [0.1, 0.15) is 43.6 Å². The summed E-state index contributed by atoms with van der Waals surface area (Å²) in [5.74, 6) is 0.00934. The number of halogens is 1. The third-order valence-electron chi connectivity index (χ3n) is 5.15. The quantitative estimate of drug-likeness (QED) is 0.501. The van der Waals surface area contributed by atoms with Gasteiger partial charge >= 0.3 is 0 Å². The largest absolute Gasteiger partial charge is 0.341 e. The normalized spacial score (nSPS) is 11.0. The number of aromatic nitrogens is 1. The SMILES string of the molecule is CCN(CC)c1onc(-c2ccccc2)c1CN(C(=O)c1cccc(F)c1)C(C)C. The van der Waals surface area contributed by atoms with E-state index in [1.54, 1.807) is 17.0 Å². The van der Waals surface area contributed by atoms with Crippen LogP contribution in [0.2, 0.25) is 0 Å². The zero-order valence-corrected chi connectivity index (χ0v) is 17.9. The lowest BCUT2D eigenvalue weighted by Crippen LogP contribution is -2.37. The molecule has 3 rings (SSSR count). The van der Waals surface area contributed by atoms with E-state index in [1.165, 1.54) is 12.1 Å². The van der Waals surface area contributed by atoms with E-state index in [0.29, 0.717) is 18.0 Å². The lowest BCUT2D eigenvalue weighted by Gasteiger charge is -2.28. The van der Waals surface area contributed by atoms with E-state index in [-0.39, 0.29) is 11.9 Å². The Bertz CT molecular complexity index is 981. The van der Waals surface area contributed by atoms with Gasteiger partial charge in [0.05, 0.1) is 12.1 Å². The van der Waals surface area contributed by atoms with Gasteiger partial charge in [-0.3, -0.25) is 4.79 Å². The minimum absolute atomic E-state index is 0.0937. The van der Waals surface area contributed by atoms with Gasteiger partial charge in [0, 0.05) is 30.3 Å². The summed E-state index contributed by atoms with van der Waals surface area (Å²) in [4.78, 5) is 17.0. The average molecular weight is 410 g/mol. The summed E-state index contributed by atoms with van der Waals surface area (Å²) in [6.07, 6.45) is 0. The summed E-state index contributed by atoms with van der Waals surface area (Å²) < 4.78 is 19.5. The van der Waals surface area contributed by atoms with Gasteiger partial charge in [-0.1, -0.05) is 41.6 Å². The molecule has 0 fully saturated rings. The van der Waals surface area contributed by atoms with Crippen LogP contribution >= 0.6 is 0 Å². The van der Waals surface area contributed by atoms with Crippen LogP contribution < -0.4 is 4.90 Å². The highest BCUT2D eigenvalue weighted by Crippen LogP contribution is 2.33. The van der Waals surface area contributed by atoms with Crippen LogP contribution in [0.25, 0.3) is 11.3 Å². The molecular formula is C24H28FN3O2. The van der Waals surface area contributed by atoms with Crippen molar-refractivity contribution in [3.63, 3.8) is 0 Å². The lowest BCUT2D eigenvalue weighted by atomic mass is 10.1. The van der Waals surface area contributed by atoms with Gasteiger partial charge in [0.25, 0.3) is 5.91 Å². The Hall–Kier alpha value is -3.15. The van der Waals surface area contributed by atoms with Crippen molar-refractivity contribution in [3.8, 4) is 11.3 Å². The van der Waals surface area contributed by atoms with Crippen LogP contribution in [0.3, 0.4) is 0 Å². The molecule has 0 atom stereocenters. The Morgan fingerprint density at radius 2 is 1.77 bits per heavy atom. The van der Waals surface area contributed by atoms with Gasteiger partial charge in [-0.25, -0.2) is 4.39 Å². The molecular weight excluding hydrogens is 381 g/mol. The molecule has 0 radical (unpaired) electrons. The molecule has 3 aromatic rings. The zero-order chi connectivity index (χ0) is 21.7. The van der Waals surface area contributed by atoms with Gasteiger partial charge in [0.1, 0.15) is 11.5 Å². The average Bonchev–Trinajstić information content (AvgIpc) is 3.16. The number of rotatable bonds is 8. The molecule has 0 saturated heterocycles. The summed E-state index contributed by atoms with van der Waals surface area (Å²) in [6, 6.07) is 15.5. The molecule has 0 saturated carbocycles. The molecule has 0 spiro atoms. The smallest absolute Gasteiger partial charge is 0.254 e. The van der Waals surface area contributed by atoms with Crippen LogP contribution in [-0.4, -0.2) is 35.1 Å². The maximum absolute atomic E-state index is 13.7. The van der Waals surface area contributed by atoms with Gasteiger partial charge in [-0.15, -0.1) is 0 Å². The van der Waals surface area contributed by atoms with Crippen molar-refractivity contribution in [2.45, 2.75) is 40.3 Å². The van der Waals surface area contributed by atoms with Crippen molar-refractivity contribution in [1.29, 1.82) is 0 Å². The van der Waals surface area contributed by atoms with E-state index in [1.807, 2.05) is 44.2 Å². The Balaban J connectivity index is 2.05. The second-order valence-corrected chi connectivity index (χ2v) is 7.39. The molecule has 1 aromatic heterocycles. The fourth-order valence-corrected chi connectivity index (χ4v) is 3.47. The number of carbonyl (C=O) groups is 1. The van der Waals surface area contributed by atoms with Crippen molar-refractivity contribution >= 4 is 11.8 Å². The summed E-state index contributed by atoms with van der Waals surface area (Å²) in [5, 5.41) is 4.35. The number of benzene rings is 2. The molecule has 1 heterocycles. The maximum atomic E-state index is 13.7. The predicted octanol–water partition coefficient (Wildman–Crippen LogP) is 5.38. The van der Waals surface area contributed by atoms with Crippen molar-refractivity contribution in [3.05, 3.63) is 71.5 Å². The topological polar surface area (TPSA) is 49.6 Å². The standard InChI is InChI=1S/C24H28FN3O2/c1-5-27(6-2)24-21(22(26-30-24)18-11-8-7-9-12-18)16-28(17(3)4)23(29)19-13-10-14-20(25)15-19/h7-15,17H,5-6,16H2,1-4H3. The second kappa shape index (κ2) is 9.57. The van der Waals surface area contributed by atoms with E-state index >= 15 is 0 Å². The lowest BCUT2D eigenvalue weighted by molar-refractivity contribution is 0.0690. The monoisotopic (exact) mass is 409 g/mol. The number of hydrogen-bond acceptors (Lipinski definition) is 4. The third-order valence-corrected chi connectivity index (χ3v) is 5.15. The first-order valence-electron chi connectivity index (χ1n) is 10.3. The van der Waals surface area contributed by atoms with Crippen LogP contribution in [0.15, 0.2) is 59.1 Å². The second-order valence-electron chi connectivity index (χ2n) is 7.39. The number of amides is 1. The zero-order valence-electron chi connectivity index (χ0n) is 17.9. The number of nitrogens with zero attached hydrogens (tertiary/aromatic N) is 3. The number of hydrogen-bond donors (Lipinski definition) is 0. The molecule has 5 nitrogen and oxygen atoms in total. The fraction of sp³-hybridized carbons (Fsp3) is 0.333. The first-order valence-corrected chi connectivity index (χ1v) is 10.3. The molecule has 30 heavy (non-hydrogen) atoms. The highest BCUT2D eigenvalue weighted by atomic mass is 19.1. The summed E-state index contributed by atoms with van der Waals surface area (Å²) in [5.41, 5.74) is 2.82. The van der Waals surface area contributed by atoms with E-state index in [9.17, 15) is 9.18 Å². The van der Waals surface area contributed by atoms with E-state index < -0.39 is 5.82 Å². The van der Waals surface area contributed by atoms with Crippen molar-refractivity contribution in [2.24, 2.45) is 0 Å². The molecule has 0 aliphatic heterocycles. The molecule has 1 amide bonds. The minimum Gasteiger partial charge on any atom is -0.341 e. The summed E-state index contributed by atoms with van der Waals surface area (Å²) >= 11 is 0. The van der Waals surface area contributed by atoms with E-state index in [2.05, 4.69) is 23.9 Å². The Morgan fingerprint density at radius 3 is 2.37 bits per heavy atom. The Kier molecular flexibility index (Phi) is 6.87. The minimum atomic E-state index is -0.427. The van der Waals surface area contributed by atoms with Gasteiger partial charge in [-0.2, -0.15) is 0 Å². The first kappa shape index (κ1) is 21.6. The van der Waals surface area contributed by atoms with Gasteiger partial charge < -0.3 is 14.3 Å². The number of carbonyl (C=O) groups excluding carboxylic acids is 1. The molecule has 0 aliphatic rings. The summed E-state index contributed by atoms with van der Waals surface area (Å²) in [6.45, 7) is 9.83. The predicted molar refractivity (Wildman–Crippen MR) is 117 cm³/mol. The number of anilines is 1. The van der Waals surface area contributed by atoms with E-state index in [4.69, 9.17) is 4.52 Å². The summed E-state index contributed by atoms with van der Waals surface area (Å²) in [7, 11) is 0. The Labute approximate surface area is 177 Å². The van der Waals surface area contributed by atoms with Crippen LogP contribution in [0, 0.1) is 5.82 Å². The molecule has 2 aromatic carbocycles. The molecule has 158 valence electrons. The van der Waals surface area contributed by atoms with Crippen LogP contribution in [-0.2, 0) is 6.54 Å². The third kappa shape index (κ3) is 4.53. The molecule has 0 unspecified atom stereocenters. The highest BCUT2D eigenvalue weighted by Gasteiger charge is 2.27. The molecule has 0 aliphatic carbocycles. The maximum Gasteiger partial charge on any atom is 0.254 e. The van der Waals surface area contributed by atoms with Crippen LogP contribution in [0.5, 0.6) is 0 Å². The molecule has 0 bridgehead atoms. The van der Waals surface area contributed by atoms with E-state index in [0.717, 1.165) is 29.9 Å². The van der Waals surface area contributed by atoms with Crippen LogP contribution in [0.4, 0.5) is 10.3 Å². The first-order chi connectivity index (χ1) is 14.5.